The zero-order valence-corrected chi connectivity index (χ0v) is 14.5. The molecule has 0 aliphatic carbocycles. The van der Waals surface area contributed by atoms with Gasteiger partial charge in [-0.3, -0.25) is 0 Å². The smallest absolute Gasteiger partial charge is 0.347 e. The average molecular weight is 352 g/mol. The SMILES string of the molecule is O=C1OC(=O)c2c1c1ccccccccc1c1ccccccccc21. The van der Waals surface area contributed by atoms with E-state index in [4.69, 9.17) is 4.74 Å². The van der Waals surface area contributed by atoms with E-state index < -0.39 is 11.9 Å². The Hall–Kier alpha value is -3.72. The highest BCUT2D eigenvalue weighted by molar-refractivity contribution is 6.29. The van der Waals surface area contributed by atoms with Gasteiger partial charge in [0.2, 0.25) is 0 Å². The van der Waals surface area contributed by atoms with Gasteiger partial charge in [0.1, 0.15) is 0 Å². The number of rotatable bonds is 0. The van der Waals surface area contributed by atoms with E-state index >= 15 is 0 Å². The topological polar surface area (TPSA) is 43.4 Å². The molecule has 0 spiro atoms. The van der Waals surface area contributed by atoms with Crippen LogP contribution in [0.5, 0.6) is 0 Å². The Morgan fingerprint density at radius 2 is 0.704 bits per heavy atom. The van der Waals surface area contributed by atoms with Crippen molar-refractivity contribution in [2.45, 2.75) is 0 Å². The van der Waals surface area contributed by atoms with Gasteiger partial charge >= 0.3 is 11.9 Å². The quantitative estimate of drug-likeness (QED) is 0.393. The highest BCUT2D eigenvalue weighted by atomic mass is 16.6. The van der Waals surface area contributed by atoms with Crippen LogP contribution in [0, 0.1) is 0 Å². The lowest BCUT2D eigenvalue weighted by Gasteiger charge is -2.05. The van der Waals surface area contributed by atoms with E-state index in [0.717, 1.165) is 10.8 Å². The van der Waals surface area contributed by atoms with Gasteiger partial charge in [-0.1, -0.05) is 97.1 Å². The predicted molar refractivity (Wildman–Crippen MR) is 106 cm³/mol. The number of carbonyl (C=O) groups excluding carboxylic acids is 2. The van der Waals surface area contributed by atoms with E-state index in [0.29, 0.717) is 21.9 Å². The summed E-state index contributed by atoms with van der Waals surface area (Å²) in [6.07, 6.45) is 0. The second kappa shape index (κ2) is 7.26. The number of hydrogen-bond acceptors (Lipinski definition) is 3. The molecular formula is C24H16O3. The van der Waals surface area contributed by atoms with Crippen LogP contribution >= 0.6 is 0 Å². The third kappa shape index (κ3) is 3.11. The summed E-state index contributed by atoms with van der Waals surface area (Å²) in [7, 11) is 0. The zero-order valence-electron chi connectivity index (χ0n) is 14.5. The molecule has 3 heteroatoms. The summed E-state index contributed by atoms with van der Waals surface area (Å²) in [6.45, 7) is 0. The second-order valence-corrected chi connectivity index (χ2v) is 6.06. The molecule has 3 aromatic carbocycles. The predicted octanol–water partition coefficient (Wildman–Crippen LogP) is 5.55. The molecule has 0 saturated heterocycles. The molecule has 0 saturated carbocycles. The molecule has 0 amide bonds. The Kier molecular flexibility index (Phi) is 4.50. The molecule has 1 aliphatic heterocycles. The lowest BCUT2D eigenvalue weighted by atomic mass is 9.94. The minimum absolute atomic E-state index is 0.322. The van der Waals surface area contributed by atoms with Crippen LogP contribution < -0.4 is 0 Å². The van der Waals surface area contributed by atoms with E-state index in [1.807, 2.05) is 97.1 Å². The van der Waals surface area contributed by atoms with E-state index in [2.05, 4.69) is 0 Å². The third-order valence-electron chi connectivity index (χ3n) is 4.42. The number of ether oxygens (including phenoxy) is 1. The molecular weight excluding hydrogens is 336 g/mol. The number of hydrogen-bond donors (Lipinski definition) is 0. The van der Waals surface area contributed by atoms with E-state index in [1.165, 1.54) is 0 Å². The molecule has 4 rings (SSSR count). The average Bonchev–Trinajstić information content (AvgIpc) is 2.97. The van der Waals surface area contributed by atoms with Gasteiger partial charge in [0, 0.05) is 0 Å². The van der Waals surface area contributed by atoms with Crippen molar-refractivity contribution in [1.29, 1.82) is 0 Å². The molecule has 0 N–H and O–H groups in total. The number of fused-ring (bicyclic) bond motifs is 6. The molecule has 3 nitrogen and oxygen atoms in total. The van der Waals surface area contributed by atoms with Gasteiger partial charge in [-0.25, -0.2) is 9.59 Å². The summed E-state index contributed by atoms with van der Waals surface area (Å²) in [5.41, 5.74) is 0.643. The van der Waals surface area contributed by atoms with Crippen molar-refractivity contribution in [3.63, 3.8) is 0 Å². The monoisotopic (exact) mass is 352 g/mol. The minimum atomic E-state index is -0.603. The summed E-state index contributed by atoms with van der Waals surface area (Å²) < 4.78 is 4.96. The fourth-order valence-electron chi connectivity index (χ4n) is 3.26. The summed E-state index contributed by atoms with van der Waals surface area (Å²) in [5.74, 6) is -1.21. The molecule has 130 valence electrons. The summed E-state index contributed by atoms with van der Waals surface area (Å²) in [4.78, 5) is 24.9. The van der Waals surface area contributed by atoms with Crippen molar-refractivity contribution in [2.75, 3.05) is 0 Å². The first-order chi connectivity index (χ1) is 13.3. The first kappa shape index (κ1) is 16.7. The number of benzene rings is 1. The molecule has 27 heavy (non-hydrogen) atoms. The van der Waals surface area contributed by atoms with Crippen LogP contribution in [0.15, 0.2) is 97.1 Å². The first-order valence-corrected chi connectivity index (χ1v) is 8.64. The van der Waals surface area contributed by atoms with Crippen molar-refractivity contribution in [3.8, 4) is 0 Å². The van der Waals surface area contributed by atoms with E-state index in [1.54, 1.807) is 0 Å². The molecule has 1 aliphatic rings. The summed E-state index contributed by atoms with van der Waals surface area (Å²) >= 11 is 0. The Balaban J connectivity index is 2.35. The molecule has 0 atom stereocenters. The van der Waals surface area contributed by atoms with Crippen LogP contribution in [0.25, 0.3) is 21.5 Å². The molecule has 0 radical (unpaired) electrons. The van der Waals surface area contributed by atoms with E-state index in [9.17, 15) is 9.59 Å². The Bertz CT molecular complexity index is 1100. The summed E-state index contributed by atoms with van der Waals surface area (Å²) in [5, 5.41) is 3.10. The van der Waals surface area contributed by atoms with Crippen LogP contribution in [0.2, 0.25) is 0 Å². The van der Waals surface area contributed by atoms with Crippen molar-refractivity contribution >= 4 is 33.5 Å². The van der Waals surface area contributed by atoms with Crippen molar-refractivity contribution < 1.29 is 14.3 Å². The van der Waals surface area contributed by atoms with Gasteiger partial charge < -0.3 is 4.74 Å². The van der Waals surface area contributed by atoms with Crippen molar-refractivity contribution in [2.24, 2.45) is 0 Å². The maximum atomic E-state index is 12.5. The molecule has 0 fully saturated rings. The Morgan fingerprint density at radius 1 is 0.407 bits per heavy atom. The largest absolute Gasteiger partial charge is 0.386 e. The lowest BCUT2D eigenvalue weighted by molar-refractivity contribution is 0.0445. The van der Waals surface area contributed by atoms with Crippen LogP contribution in [0.3, 0.4) is 0 Å². The van der Waals surface area contributed by atoms with Gasteiger partial charge in [0.15, 0.2) is 0 Å². The molecule has 1 heterocycles. The molecule has 3 aromatic rings. The number of esters is 2. The highest BCUT2D eigenvalue weighted by Gasteiger charge is 2.33. The van der Waals surface area contributed by atoms with Gasteiger partial charge in [0.25, 0.3) is 0 Å². The van der Waals surface area contributed by atoms with E-state index in [-0.39, 0.29) is 0 Å². The van der Waals surface area contributed by atoms with Gasteiger partial charge in [-0.05, 0) is 21.5 Å². The van der Waals surface area contributed by atoms with Gasteiger partial charge in [-0.15, -0.1) is 0 Å². The molecule has 0 aromatic heterocycles. The fraction of sp³-hybridized carbons (Fsp3) is 0. The first-order valence-electron chi connectivity index (χ1n) is 8.64. The highest BCUT2D eigenvalue weighted by Crippen LogP contribution is 2.35. The van der Waals surface area contributed by atoms with Crippen LogP contribution in [-0.4, -0.2) is 11.9 Å². The minimum Gasteiger partial charge on any atom is -0.386 e. The standard InChI is InChI=1S/C24H16O3/c25-23-21-19-15-11-7-3-1-5-9-13-17(19)18-14-10-6-2-4-8-12-16-20(18)22(21)24(26)27-23/h1-16H. The zero-order chi connectivity index (χ0) is 18.6. The van der Waals surface area contributed by atoms with Crippen molar-refractivity contribution in [1.82, 2.24) is 0 Å². The maximum Gasteiger partial charge on any atom is 0.347 e. The molecule has 0 unspecified atom stereocenters. The van der Waals surface area contributed by atoms with Gasteiger partial charge in [-0.2, -0.15) is 0 Å². The maximum absolute atomic E-state index is 12.5. The van der Waals surface area contributed by atoms with Crippen LogP contribution in [0.1, 0.15) is 20.7 Å². The van der Waals surface area contributed by atoms with Crippen LogP contribution in [0.4, 0.5) is 0 Å². The Labute approximate surface area is 156 Å². The van der Waals surface area contributed by atoms with Gasteiger partial charge in [0.05, 0.1) is 11.1 Å². The summed E-state index contributed by atoms with van der Waals surface area (Å²) in [6, 6.07) is 30.4. The van der Waals surface area contributed by atoms with Crippen LogP contribution in [-0.2, 0) is 4.74 Å². The molecule has 0 bridgehead atoms. The van der Waals surface area contributed by atoms with Crippen molar-refractivity contribution in [3.05, 3.63) is 108 Å². The second-order valence-electron chi connectivity index (χ2n) is 6.06. The lowest BCUT2D eigenvalue weighted by Crippen LogP contribution is -1.97. The fourth-order valence-corrected chi connectivity index (χ4v) is 3.26. The number of cyclic esters (lactones) is 2. The Morgan fingerprint density at radius 3 is 1.07 bits per heavy atom. The normalized spacial score (nSPS) is 12.1. The third-order valence-corrected chi connectivity index (χ3v) is 4.42. The number of carbonyl (C=O) groups is 2.